The van der Waals surface area contributed by atoms with Gasteiger partial charge in [-0.25, -0.2) is 0 Å². The van der Waals surface area contributed by atoms with Crippen LogP contribution in [-0.2, 0) is 25.6 Å². The fourth-order valence-electron chi connectivity index (χ4n) is 3.73. The van der Waals surface area contributed by atoms with E-state index in [-0.39, 0.29) is 31.7 Å². The van der Waals surface area contributed by atoms with E-state index in [1.54, 1.807) is 0 Å². The Morgan fingerprint density at radius 2 is 1.19 bits per heavy atom. The van der Waals surface area contributed by atoms with Gasteiger partial charge < -0.3 is 22.1 Å². The second kappa shape index (κ2) is 12.9. The Bertz CT molecular complexity index is 1190. The van der Waals surface area contributed by atoms with Gasteiger partial charge in [-0.2, -0.15) is 0 Å². The van der Waals surface area contributed by atoms with Gasteiger partial charge in [-0.15, -0.1) is 0 Å². The Labute approximate surface area is 210 Å². The second-order valence-corrected chi connectivity index (χ2v) is 8.45. The van der Waals surface area contributed by atoms with Gasteiger partial charge >= 0.3 is 0 Å². The van der Waals surface area contributed by atoms with E-state index in [9.17, 15) is 19.2 Å². The smallest absolute Gasteiger partial charge is 0.243 e. The van der Waals surface area contributed by atoms with E-state index in [4.69, 9.17) is 11.5 Å². The van der Waals surface area contributed by atoms with E-state index in [0.717, 1.165) is 22.3 Å². The lowest BCUT2D eigenvalue weighted by Gasteiger charge is -2.17. The van der Waals surface area contributed by atoms with Crippen molar-refractivity contribution in [3.05, 3.63) is 84.4 Å². The number of nitrogens with one attached hydrogen (secondary N) is 2. The quantitative estimate of drug-likeness (QED) is 0.311. The minimum absolute atomic E-state index is 0.0312. The first-order valence-electron chi connectivity index (χ1n) is 11.7. The summed E-state index contributed by atoms with van der Waals surface area (Å²) < 4.78 is 0. The van der Waals surface area contributed by atoms with Crippen molar-refractivity contribution in [3.63, 3.8) is 0 Å². The molecule has 36 heavy (non-hydrogen) atoms. The molecular weight excluding hydrogens is 456 g/mol. The summed E-state index contributed by atoms with van der Waals surface area (Å²) in [6.07, 6.45) is 0.581. The Hall–Kier alpha value is -4.46. The number of primary amides is 2. The number of carbonyl (C=O) groups is 4. The molecule has 0 unspecified atom stereocenters. The van der Waals surface area contributed by atoms with E-state index < -0.39 is 23.8 Å². The third-order valence-corrected chi connectivity index (χ3v) is 5.69. The lowest BCUT2D eigenvalue weighted by atomic mass is 9.99. The maximum atomic E-state index is 12.5. The fourth-order valence-corrected chi connectivity index (χ4v) is 3.73. The molecule has 3 aromatic carbocycles. The molecule has 0 aliphatic heterocycles. The first-order valence-corrected chi connectivity index (χ1v) is 11.7. The van der Waals surface area contributed by atoms with Gasteiger partial charge in [0.15, 0.2) is 0 Å². The SMILES string of the molecule is NC(=O)CC[C@H](NC(=O)CCc1ccc(-c2ccc(-c3ccccc3)cc2)cc1)C(=O)NCC(N)=O. The third-order valence-electron chi connectivity index (χ3n) is 5.69. The highest BCUT2D eigenvalue weighted by molar-refractivity contribution is 5.90. The Morgan fingerprint density at radius 3 is 1.72 bits per heavy atom. The van der Waals surface area contributed by atoms with Crippen molar-refractivity contribution in [2.24, 2.45) is 11.5 Å². The van der Waals surface area contributed by atoms with Crippen molar-refractivity contribution < 1.29 is 19.2 Å². The highest BCUT2D eigenvalue weighted by atomic mass is 16.2. The second-order valence-electron chi connectivity index (χ2n) is 8.45. The molecule has 0 bridgehead atoms. The van der Waals surface area contributed by atoms with Crippen LogP contribution in [0.2, 0.25) is 0 Å². The third kappa shape index (κ3) is 8.09. The number of carbonyl (C=O) groups excluding carboxylic acids is 4. The van der Waals surface area contributed by atoms with Crippen LogP contribution in [-0.4, -0.2) is 36.2 Å². The Morgan fingerprint density at radius 1 is 0.667 bits per heavy atom. The van der Waals surface area contributed by atoms with E-state index in [0.29, 0.717) is 6.42 Å². The predicted molar refractivity (Wildman–Crippen MR) is 138 cm³/mol. The lowest BCUT2D eigenvalue weighted by molar-refractivity contribution is -0.130. The highest BCUT2D eigenvalue weighted by Gasteiger charge is 2.21. The highest BCUT2D eigenvalue weighted by Crippen LogP contribution is 2.25. The summed E-state index contributed by atoms with van der Waals surface area (Å²) in [6.45, 7) is -0.358. The van der Waals surface area contributed by atoms with Crippen LogP contribution in [0.25, 0.3) is 22.3 Å². The molecule has 0 radical (unpaired) electrons. The topological polar surface area (TPSA) is 144 Å². The van der Waals surface area contributed by atoms with Gasteiger partial charge in [0.25, 0.3) is 0 Å². The van der Waals surface area contributed by atoms with E-state index in [2.05, 4.69) is 47.0 Å². The molecule has 0 fully saturated rings. The first-order chi connectivity index (χ1) is 17.3. The number of benzene rings is 3. The first kappa shape index (κ1) is 26.2. The normalized spacial score (nSPS) is 11.3. The lowest BCUT2D eigenvalue weighted by Crippen LogP contribution is -2.48. The molecule has 8 nitrogen and oxygen atoms in total. The molecular formula is C28H30N4O4. The van der Waals surface area contributed by atoms with E-state index in [1.165, 1.54) is 5.56 Å². The number of aryl methyl sites for hydroxylation is 1. The molecule has 0 heterocycles. The number of rotatable bonds is 12. The average Bonchev–Trinajstić information content (AvgIpc) is 2.89. The minimum Gasteiger partial charge on any atom is -0.370 e. The van der Waals surface area contributed by atoms with Crippen molar-refractivity contribution in [2.45, 2.75) is 31.7 Å². The largest absolute Gasteiger partial charge is 0.370 e. The zero-order valence-corrected chi connectivity index (χ0v) is 19.9. The average molecular weight is 487 g/mol. The van der Waals surface area contributed by atoms with Crippen LogP contribution in [0, 0.1) is 0 Å². The molecule has 0 saturated carbocycles. The van der Waals surface area contributed by atoms with Crippen LogP contribution in [0.5, 0.6) is 0 Å². The van der Waals surface area contributed by atoms with Gasteiger partial charge in [0.2, 0.25) is 23.6 Å². The predicted octanol–water partition coefficient (Wildman–Crippen LogP) is 2.30. The molecule has 3 aromatic rings. The Balaban J connectivity index is 1.55. The van der Waals surface area contributed by atoms with Crippen molar-refractivity contribution in [2.75, 3.05) is 6.54 Å². The minimum atomic E-state index is -0.981. The summed E-state index contributed by atoms with van der Waals surface area (Å²) >= 11 is 0. The molecule has 0 saturated heterocycles. The standard InChI is InChI=1S/C28H30N4O4/c29-25(33)16-15-24(28(36)31-18-26(30)34)32-27(35)17-8-19-6-9-21(10-7-19)23-13-11-22(12-14-23)20-4-2-1-3-5-20/h1-7,9-14,24H,8,15-18H2,(H2,29,33)(H2,30,34)(H,31,36)(H,32,35)/t24-/m0/s1. The summed E-state index contributed by atoms with van der Waals surface area (Å²) in [6, 6.07) is 25.5. The number of amides is 4. The molecule has 0 aliphatic carbocycles. The maximum absolute atomic E-state index is 12.5. The van der Waals surface area contributed by atoms with Crippen LogP contribution in [0.1, 0.15) is 24.8 Å². The zero-order valence-electron chi connectivity index (χ0n) is 19.9. The van der Waals surface area contributed by atoms with Crippen molar-refractivity contribution in [3.8, 4) is 22.3 Å². The summed E-state index contributed by atoms with van der Waals surface area (Å²) in [5.41, 5.74) is 15.7. The summed E-state index contributed by atoms with van der Waals surface area (Å²) in [4.78, 5) is 46.7. The fraction of sp³-hybridized carbons (Fsp3) is 0.214. The molecule has 8 heteroatoms. The monoisotopic (exact) mass is 486 g/mol. The van der Waals surface area contributed by atoms with Crippen LogP contribution in [0.3, 0.4) is 0 Å². The molecule has 186 valence electrons. The molecule has 3 rings (SSSR count). The molecule has 1 atom stereocenters. The number of hydrogen-bond acceptors (Lipinski definition) is 4. The van der Waals surface area contributed by atoms with Crippen molar-refractivity contribution in [1.29, 1.82) is 0 Å². The zero-order chi connectivity index (χ0) is 25.9. The van der Waals surface area contributed by atoms with Gasteiger partial charge in [0.1, 0.15) is 6.04 Å². The number of nitrogens with two attached hydrogens (primary N) is 2. The molecule has 0 spiro atoms. The van der Waals surface area contributed by atoms with Crippen LogP contribution in [0.4, 0.5) is 0 Å². The van der Waals surface area contributed by atoms with Crippen LogP contribution in [0.15, 0.2) is 78.9 Å². The molecule has 0 aliphatic rings. The molecule has 4 amide bonds. The summed E-state index contributed by atoms with van der Waals surface area (Å²) in [5, 5.41) is 4.95. The molecule has 0 aromatic heterocycles. The van der Waals surface area contributed by atoms with Crippen molar-refractivity contribution in [1.82, 2.24) is 10.6 Å². The number of hydrogen-bond donors (Lipinski definition) is 4. The van der Waals surface area contributed by atoms with Crippen LogP contribution < -0.4 is 22.1 Å². The van der Waals surface area contributed by atoms with Gasteiger partial charge in [-0.1, -0.05) is 78.9 Å². The van der Waals surface area contributed by atoms with Gasteiger partial charge in [0.05, 0.1) is 6.54 Å². The Kier molecular flexibility index (Phi) is 9.33. The van der Waals surface area contributed by atoms with Crippen molar-refractivity contribution >= 4 is 23.6 Å². The maximum Gasteiger partial charge on any atom is 0.243 e. The van der Waals surface area contributed by atoms with Gasteiger partial charge in [0, 0.05) is 12.8 Å². The molecule has 6 N–H and O–H groups in total. The summed E-state index contributed by atoms with van der Waals surface area (Å²) in [7, 11) is 0. The summed E-state index contributed by atoms with van der Waals surface area (Å²) in [5.74, 6) is -2.24. The van der Waals surface area contributed by atoms with Gasteiger partial charge in [-0.05, 0) is 40.7 Å². The van der Waals surface area contributed by atoms with Gasteiger partial charge in [-0.3, -0.25) is 19.2 Å². The van der Waals surface area contributed by atoms with E-state index in [1.807, 2.05) is 42.5 Å². The van der Waals surface area contributed by atoms with E-state index >= 15 is 0 Å². The van der Waals surface area contributed by atoms with Crippen LogP contribution >= 0.6 is 0 Å².